The Morgan fingerprint density at radius 1 is 1.04 bits per heavy atom. The van der Waals surface area contributed by atoms with E-state index in [1.807, 2.05) is 0 Å². The van der Waals surface area contributed by atoms with Crippen molar-refractivity contribution in [1.82, 2.24) is 20.1 Å². The number of rotatable bonds is 3. The second-order valence-electron chi connectivity index (χ2n) is 8.36. The Balaban J connectivity index is 1.57. The number of benzene rings is 1. The molecular formula is C20H28N6. The van der Waals surface area contributed by atoms with Crippen molar-refractivity contribution in [2.75, 3.05) is 24.6 Å². The zero-order chi connectivity index (χ0) is 17.7. The summed E-state index contributed by atoms with van der Waals surface area (Å²) in [6.45, 7) is 2.13. The molecule has 2 aliphatic carbocycles. The molecule has 1 saturated heterocycles. The third-order valence-electron chi connectivity index (χ3n) is 6.87. The fourth-order valence-electron chi connectivity index (χ4n) is 5.63. The van der Waals surface area contributed by atoms with Gasteiger partial charge in [-0.1, -0.05) is 18.6 Å². The molecule has 0 amide bonds. The molecule has 3 aliphatic rings. The molecule has 2 heterocycles. The van der Waals surface area contributed by atoms with Crippen molar-refractivity contribution >= 4 is 11.9 Å². The molecule has 2 bridgehead atoms. The van der Waals surface area contributed by atoms with Gasteiger partial charge in [-0.2, -0.15) is 9.67 Å². The van der Waals surface area contributed by atoms with Crippen LogP contribution in [0.2, 0.25) is 0 Å². The van der Waals surface area contributed by atoms with E-state index in [1.54, 1.807) is 4.68 Å². The molecule has 1 aromatic heterocycles. The minimum absolute atomic E-state index is 0.232. The van der Waals surface area contributed by atoms with Crippen molar-refractivity contribution in [3.63, 3.8) is 0 Å². The molecule has 3 fully saturated rings. The molecule has 5 rings (SSSR count). The van der Waals surface area contributed by atoms with Crippen LogP contribution in [-0.2, 0) is 0 Å². The van der Waals surface area contributed by atoms with E-state index in [0.29, 0.717) is 11.9 Å². The Bertz CT molecular complexity index is 807. The number of hydrogen-bond donors (Lipinski definition) is 3. The van der Waals surface area contributed by atoms with E-state index in [-0.39, 0.29) is 5.95 Å². The Morgan fingerprint density at radius 3 is 2.54 bits per heavy atom. The van der Waals surface area contributed by atoms with E-state index in [2.05, 4.69) is 33.6 Å². The van der Waals surface area contributed by atoms with Crippen molar-refractivity contribution in [2.24, 2.45) is 11.8 Å². The highest BCUT2D eigenvalue weighted by molar-refractivity contribution is 5.50. The number of nitrogen functional groups attached to an aromatic ring is 2. The van der Waals surface area contributed by atoms with Crippen molar-refractivity contribution in [3.05, 3.63) is 29.3 Å². The van der Waals surface area contributed by atoms with Gasteiger partial charge >= 0.3 is 0 Å². The number of hydrogen-bond acceptors (Lipinski definition) is 5. The quantitative estimate of drug-likeness (QED) is 0.789. The van der Waals surface area contributed by atoms with Gasteiger partial charge in [0.15, 0.2) is 0 Å². The lowest BCUT2D eigenvalue weighted by Gasteiger charge is -2.28. The molecule has 0 radical (unpaired) electrons. The molecule has 6 heteroatoms. The van der Waals surface area contributed by atoms with E-state index in [4.69, 9.17) is 11.5 Å². The Morgan fingerprint density at radius 2 is 1.88 bits per heavy atom. The van der Waals surface area contributed by atoms with Crippen LogP contribution in [-0.4, -0.2) is 27.9 Å². The first-order valence-electron chi connectivity index (χ1n) is 10.0. The third kappa shape index (κ3) is 2.67. The van der Waals surface area contributed by atoms with E-state index in [0.717, 1.165) is 49.4 Å². The maximum absolute atomic E-state index is 6.08. The molecule has 5 N–H and O–H groups in total. The van der Waals surface area contributed by atoms with Gasteiger partial charge in [0.1, 0.15) is 0 Å². The van der Waals surface area contributed by atoms with Gasteiger partial charge in [0.05, 0.1) is 5.69 Å². The van der Waals surface area contributed by atoms with Crippen LogP contribution in [0.5, 0.6) is 0 Å². The molecule has 138 valence electrons. The average molecular weight is 352 g/mol. The molecule has 1 aromatic carbocycles. The highest BCUT2D eigenvalue weighted by atomic mass is 15.4. The van der Waals surface area contributed by atoms with Crippen molar-refractivity contribution in [3.8, 4) is 5.69 Å². The summed E-state index contributed by atoms with van der Waals surface area (Å²) in [7, 11) is 0. The smallest absolute Gasteiger partial charge is 0.241 e. The number of nitrogens with zero attached hydrogens (tertiary/aromatic N) is 3. The summed E-state index contributed by atoms with van der Waals surface area (Å²) in [6, 6.07) is 6.94. The predicted molar refractivity (Wildman–Crippen MR) is 103 cm³/mol. The lowest BCUT2D eigenvalue weighted by Crippen LogP contribution is -2.27. The second kappa shape index (κ2) is 6.27. The van der Waals surface area contributed by atoms with Crippen LogP contribution < -0.4 is 16.8 Å². The van der Waals surface area contributed by atoms with Crippen LogP contribution in [0.3, 0.4) is 0 Å². The highest BCUT2D eigenvalue weighted by Gasteiger charge is 2.40. The van der Waals surface area contributed by atoms with Crippen LogP contribution in [0.1, 0.15) is 61.5 Å². The molecule has 3 atom stereocenters. The Hall–Kier alpha value is -2.08. The summed E-state index contributed by atoms with van der Waals surface area (Å²) in [6.07, 6.45) is 7.95. The molecule has 2 aromatic rings. The first-order chi connectivity index (χ1) is 12.7. The number of anilines is 2. The summed E-state index contributed by atoms with van der Waals surface area (Å²) >= 11 is 0. The number of fused-ring (bicyclic) bond motifs is 2. The zero-order valence-electron chi connectivity index (χ0n) is 15.2. The minimum Gasteiger partial charge on any atom is -0.368 e. The highest BCUT2D eigenvalue weighted by Crippen LogP contribution is 2.53. The van der Waals surface area contributed by atoms with Crippen molar-refractivity contribution < 1.29 is 0 Å². The first kappa shape index (κ1) is 16.1. The molecular weight excluding hydrogens is 324 g/mol. The maximum Gasteiger partial charge on any atom is 0.241 e. The van der Waals surface area contributed by atoms with E-state index >= 15 is 0 Å². The van der Waals surface area contributed by atoms with E-state index in [9.17, 15) is 0 Å². The van der Waals surface area contributed by atoms with Gasteiger partial charge in [-0.25, -0.2) is 0 Å². The predicted octanol–water partition coefficient (Wildman–Crippen LogP) is 2.80. The monoisotopic (exact) mass is 352 g/mol. The summed E-state index contributed by atoms with van der Waals surface area (Å²) in [5, 5.41) is 7.82. The number of aromatic nitrogens is 3. The van der Waals surface area contributed by atoms with Crippen LogP contribution in [0.4, 0.5) is 11.9 Å². The van der Waals surface area contributed by atoms with E-state index in [1.165, 1.54) is 36.8 Å². The summed E-state index contributed by atoms with van der Waals surface area (Å²) in [4.78, 5) is 4.10. The molecule has 0 spiro atoms. The van der Waals surface area contributed by atoms with Crippen LogP contribution in [0.15, 0.2) is 18.2 Å². The molecule has 26 heavy (non-hydrogen) atoms. The van der Waals surface area contributed by atoms with Gasteiger partial charge in [-0.05, 0) is 86.1 Å². The molecule has 1 aliphatic heterocycles. The van der Waals surface area contributed by atoms with Gasteiger partial charge in [0.2, 0.25) is 11.9 Å². The standard InChI is InChI=1S/C20H28N6/c21-19-24-20(22)26(25-19)18-4-3-15(16-10-12-1-2-14(16)9-12)11-17(18)13-5-7-23-8-6-13/h3-4,11-14,16,23H,1-2,5-10H2,(H4,21,22,24,25). The second-order valence-corrected chi connectivity index (χ2v) is 8.36. The summed E-state index contributed by atoms with van der Waals surface area (Å²) < 4.78 is 1.72. The lowest BCUT2D eigenvalue weighted by molar-refractivity contribution is 0.418. The lowest BCUT2D eigenvalue weighted by atomic mass is 9.80. The number of piperidine rings is 1. The maximum atomic E-state index is 6.08. The van der Waals surface area contributed by atoms with Crippen LogP contribution >= 0.6 is 0 Å². The molecule has 6 nitrogen and oxygen atoms in total. The van der Waals surface area contributed by atoms with E-state index < -0.39 is 0 Å². The topological polar surface area (TPSA) is 94.8 Å². The largest absolute Gasteiger partial charge is 0.368 e. The Labute approximate surface area is 154 Å². The average Bonchev–Trinajstić information content (AvgIpc) is 3.37. The molecule has 2 saturated carbocycles. The van der Waals surface area contributed by atoms with Gasteiger partial charge < -0.3 is 16.8 Å². The van der Waals surface area contributed by atoms with Crippen LogP contribution in [0.25, 0.3) is 5.69 Å². The van der Waals surface area contributed by atoms with Crippen molar-refractivity contribution in [2.45, 2.75) is 50.4 Å². The fraction of sp³-hybridized carbons (Fsp3) is 0.600. The SMILES string of the molecule is Nc1nc(N)n(-c2ccc(C3CC4CCC3C4)cc2C2CCNCC2)n1. The molecule has 3 unspecified atom stereocenters. The summed E-state index contributed by atoms with van der Waals surface area (Å²) in [5.41, 5.74) is 15.8. The van der Waals surface area contributed by atoms with Crippen LogP contribution in [0, 0.1) is 11.8 Å². The summed E-state index contributed by atoms with van der Waals surface area (Å²) in [5.74, 6) is 3.72. The van der Waals surface area contributed by atoms with Gasteiger partial charge in [0.25, 0.3) is 0 Å². The Kier molecular flexibility index (Phi) is 3.89. The number of nitrogens with one attached hydrogen (secondary N) is 1. The minimum atomic E-state index is 0.232. The first-order valence-corrected chi connectivity index (χ1v) is 10.0. The number of nitrogens with two attached hydrogens (primary N) is 2. The third-order valence-corrected chi connectivity index (χ3v) is 6.87. The van der Waals surface area contributed by atoms with Gasteiger partial charge in [-0.3, -0.25) is 0 Å². The zero-order valence-corrected chi connectivity index (χ0v) is 15.2. The fourth-order valence-corrected chi connectivity index (χ4v) is 5.63. The normalized spacial score (nSPS) is 28.7. The van der Waals surface area contributed by atoms with Gasteiger partial charge in [0, 0.05) is 0 Å². The van der Waals surface area contributed by atoms with Crippen molar-refractivity contribution in [1.29, 1.82) is 0 Å². The van der Waals surface area contributed by atoms with Gasteiger partial charge in [-0.15, -0.1) is 5.10 Å².